The van der Waals surface area contributed by atoms with Gasteiger partial charge in [-0.1, -0.05) is 19.9 Å². The van der Waals surface area contributed by atoms with E-state index >= 15 is 0 Å². The smallest absolute Gasteiger partial charge is 0.328 e. The highest BCUT2D eigenvalue weighted by Crippen LogP contribution is 2.17. The zero-order valence-electron chi connectivity index (χ0n) is 11.5. The largest absolute Gasteiger partial charge is 0.493 e. The fraction of sp³-hybridized carbons (Fsp3) is 0.417. The fourth-order valence-electron chi connectivity index (χ4n) is 1.32. The van der Waals surface area contributed by atoms with Gasteiger partial charge in [0.1, 0.15) is 4.91 Å². The van der Waals surface area contributed by atoms with Crippen LogP contribution in [-0.4, -0.2) is 33.1 Å². The number of carbonyl (C=O) groups is 1. The van der Waals surface area contributed by atoms with Crippen molar-refractivity contribution in [1.29, 1.82) is 0 Å². The molecule has 114 valence electrons. The van der Waals surface area contributed by atoms with Crippen LogP contribution in [0.5, 0.6) is 0 Å². The van der Waals surface area contributed by atoms with E-state index in [1.165, 1.54) is 7.11 Å². The Hall–Kier alpha value is -1.80. The Morgan fingerprint density at radius 1 is 1.45 bits per heavy atom. The molecule has 0 fully saturated rings. The monoisotopic (exact) mass is 304 g/mol. The van der Waals surface area contributed by atoms with E-state index in [-0.39, 0.29) is 11.5 Å². The van der Waals surface area contributed by atoms with Crippen LogP contribution in [0.15, 0.2) is 35.1 Å². The quantitative estimate of drug-likeness (QED) is 0.249. The van der Waals surface area contributed by atoms with Crippen LogP contribution in [0.4, 0.5) is 0 Å². The summed E-state index contributed by atoms with van der Waals surface area (Å²) >= 11 is 0. The maximum Gasteiger partial charge on any atom is 0.328 e. The Morgan fingerprint density at radius 3 is 2.45 bits per heavy atom. The maximum atomic E-state index is 11.5. The summed E-state index contributed by atoms with van der Waals surface area (Å²) < 4.78 is 28.0. The van der Waals surface area contributed by atoms with Gasteiger partial charge in [-0.05, 0) is 12.5 Å². The molecular weight excluding hydrogens is 284 g/mol. The molecule has 8 heteroatoms. The summed E-state index contributed by atoms with van der Waals surface area (Å²) in [5, 5.41) is 16.5. The minimum Gasteiger partial charge on any atom is -0.493 e. The SMILES string of the molecule is C=C(NCCCC)/C(OC)=C(\C=C\C(=O)O)S(N)(=O)=O. The molecule has 0 atom stereocenters. The summed E-state index contributed by atoms with van der Waals surface area (Å²) in [6.07, 6.45) is 3.35. The number of hydrogen-bond donors (Lipinski definition) is 3. The molecule has 0 aliphatic rings. The Morgan fingerprint density at radius 2 is 2.05 bits per heavy atom. The molecule has 0 aliphatic carbocycles. The van der Waals surface area contributed by atoms with Gasteiger partial charge in [0.15, 0.2) is 5.76 Å². The van der Waals surface area contributed by atoms with Crippen molar-refractivity contribution in [2.75, 3.05) is 13.7 Å². The van der Waals surface area contributed by atoms with Crippen LogP contribution >= 0.6 is 0 Å². The zero-order chi connectivity index (χ0) is 15.8. The van der Waals surface area contributed by atoms with Gasteiger partial charge >= 0.3 is 5.97 Å². The number of carboxylic acid groups (broad SMARTS) is 1. The Balaban J connectivity index is 5.50. The fourth-order valence-corrected chi connectivity index (χ4v) is 2.04. The number of carboxylic acids is 1. The van der Waals surface area contributed by atoms with E-state index < -0.39 is 20.9 Å². The topological polar surface area (TPSA) is 119 Å². The van der Waals surface area contributed by atoms with E-state index in [1.807, 2.05) is 6.92 Å². The molecule has 20 heavy (non-hydrogen) atoms. The number of methoxy groups -OCH3 is 1. The lowest BCUT2D eigenvalue weighted by Crippen LogP contribution is -2.21. The molecule has 0 amide bonds. The van der Waals surface area contributed by atoms with Crippen molar-refractivity contribution in [2.45, 2.75) is 19.8 Å². The second-order valence-electron chi connectivity index (χ2n) is 3.87. The van der Waals surface area contributed by atoms with Gasteiger partial charge in [-0.2, -0.15) is 0 Å². The second kappa shape index (κ2) is 8.39. The summed E-state index contributed by atoms with van der Waals surface area (Å²) in [6.45, 7) is 6.25. The Kier molecular flexibility index (Phi) is 7.63. The molecule has 7 nitrogen and oxygen atoms in total. The molecule has 0 rings (SSSR count). The molecule has 0 unspecified atom stereocenters. The third-order valence-corrected chi connectivity index (χ3v) is 3.19. The van der Waals surface area contributed by atoms with Crippen LogP contribution in [0.2, 0.25) is 0 Å². The predicted molar refractivity (Wildman–Crippen MR) is 76.0 cm³/mol. The molecule has 0 heterocycles. The third-order valence-electron chi connectivity index (χ3n) is 2.25. The van der Waals surface area contributed by atoms with E-state index in [9.17, 15) is 13.2 Å². The molecule has 0 saturated carbocycles. The van der Waals surface area contributed by atoms with Crippen molar-refractivity contribution in [3.8, 4) is 0 Å². The summed E-state index contributed by atoms with van der Waals surface area (Å²) in [5.41, 5.74) is 0.222. The molecule has 0 aromatic rings. The van der Waals surface area contributed by atoms with Crippen LogP contribution in [0.1, 0.15) is 19.8 Å². The number of hydrogen-bond acceptors (Lipinski definition) is 5. The van der Waals surface area contributed by atoms with Gasteiger partial charge < -0.3 is 15.2 Å². The molecule has 0 aliphatic heterocycles. The van der Waals surface area contributed by atoms with Crippen molar-refractivity contribution in [2.24, 2.45) is 5.14 Å². The number of sulfonamides is 1. The molecule has 0 bridgehead atoms. The van der Waals surface area contributed by atoms with Crippen LogP contribution in [0.25, 0.3) is 0 Å². The van der Waals surface area contributed by atoms with Gasteiger partial charge in [-0.25, -0.2) is 18.4 Å². The average molecular weight is 304 g/mol. The number of ether oxygens (including phenoxy) is 1. The first-order valence-corrected chi connectivity index (χ1v) is 7.43. The van der Waals surface area contributed by atoms with Crippen molar-refractivity contribution in [3.63, 3.8) is 0 Å². The zero-order valence-corrected chi connectivity index (χ0v) is 12.4. The summed E-state index contributed by atoms with van der Waals surface area (Å²) in [7, 11) is -2.89. The summed E-state index contributed by atoms with van der Waals surface area (Å²) in [5.74, 6) is -1.41. The predicted octanol–water partition coefficient (Wildman–Crippen LogP) is 0.677. The molecular formula is C12H20N2O5S. The van der Waals surface area contributed by atoms with Crippen molar-refractivity contribution >= 4 is 16.0 Å². The van der Waals surface area contributed by atoms with E-state index in [2.05, 4.69) is 11.9 Å². The van der Waals surface area contributed by atoms with E-state index in [1.54, 1.807) is 0 Å². The molecule has 0 saturated heterocycles. The average Bonchev–Trinajstić information content (AvgIpc) is 2.32. The van der Waals surface area contributed by atoms with Crippen LogP contribution in [0.3, 0.4) is 0 Å². The van der Waals surface area contributed by atoms with E-state index in [0.717, 1.165) is 18.9 Å². The normalized spacial score (nSPS) is 12.9. The van der Waals surface area contributed by atoms with Gasteiger partial charge in [-0.3, -0.25) is 0 Å². The first-order chi connectivity index (χ1) is 9.23. The lowest BCUT2D eigenvalue weighted by atomic mass is 10.3. The number of unbranched alkanes of at least 4 members (excludes halogenated alkanes) is 1. The standard InChI is InChI=1S/C12H20N2O5S/c1-4-5-8-14-9(2)12(19-3)10(20(13,17)18)6-7-11(15)16/h6-7,14H,2,4-5,8H2,1,3H3,(H,15,16)(H2,13,17,18)/b7-6+,12-10-. The van der Waals surface area contributed by atoms with Crippen molar-refractivity contribution in [1.82, 2.24) is 5.32 Å². The Bertz CT molecular complexity index is 520. The maximum absolute atomic E-state index is 11.5. The third kappa shape index (κ3) is 6.39. The van der Waals surface area contributed by atoms with Gasteiger partial charge in [0, 0.05) is 12.6 Å². The summed E-state index contributed by atoms with van der Waals surface area (Å²) in [6, 6.07) is 0. The second-order valence-corrected chi connectivity index (χ2v) is 5.40. The van der Waals surface area contributed by atoms with Gasteiger partial charge in [0.05, 0.1) is 12.8 Å². The first kappa shape index (κ1) is 18.2. The highest BCUT2D eigenvalue weighted by atomic mass is 32.2. The van der Waals surface area contributed by atoms with Crippen LogP contribution < -0.4 is 10.5 Å². The lowest BCUT2D eigenvalue weighted by molar-refractivity contribution is -0.131. The minimum atomic E-state index is -4.14. The number of nitrogens with two attached hydrogens (primary N) is 1. The molecule has 0 aromatic carbocycles. The lowest BCUT2D eigenvalue weighted by Gasteiger charge is -2.14. The number of nitrogens with one attached hydrogen (secondary N) is 1. The van der Waals surface area contributed by atoms with Crippen LogP contribution in [-0.2, 0) is 19.6 Å². The molecule has 0 radical (unpaired) electrons. The number of primary sulfonamides is 1. The first-order valence-electron chi connectivity index (χ1n) is 5.89. The highest BCUT2D eigenvalue weighted by molar-refractivity contribution is 7.93. The molecule has 0 aromatic heterocycles. The van der Waals surface area contributed by atoms with E-state index in [4.69, 9.17) is 15.0 Å². The minimum absolute atomic E-state index is 0.110. The van der Waals surface area contributed by atoms with Gasteiger partial charge in [0.2, 0.25) is 10.0 Å². The summed E-state index contributed by atoms with van der Waals surface area (Å²) in [4.78, 5) is 10.1. The molecule has 0 spiro atoms. The van der Waals surface area contributed by atoms with E-state index in [0.29, 0.717) is 12.6 Å². The number of aliphatic carboxylic acids is 1. The highest BCUT2D eigenvalue weighted by Gasteiger charge is 2.19. The number of allylic oxidation sites excluding steroid dienone is 1. The number of rotatable bonds is 9. The van der Waals surface area contributed by atoms with Crippen molar-refractivity contribution < 1.29 is 23.1 Å². The van der Waals surface area contributed by atoms with Crippen molar-refractivity contribution in [3.05, 3.63) is 35.1 Å². The molecule has 4 N–H and O–H groups in total. The van der Waals surface area contributed by atoms with Gasteiger partial charge in [-0.15, -0.1) is 0 Å². The van der Waals surface area contributed by atoms with Crippen LogP contribution in [0, 0.1) is 0 Å². The Labute approximate surface area is 118 Å². The van der Waals surface area contributed by atoms with Gasteiger partial charge in [0.25, 0.3) is 0 Å².